The number of H-pyrrole nitrogens is 1. The second-order valence-corrected chi connectivity index (χ2v) is 5.28. The minimum absolute atomic E-state index is 0.342. The molecule has 3 aromatic rings. The molecule has 1 aromatic carbocycles. The molecule has 10 heteroatoms. The fraction of sp³-hybridized carbons (Fsp3) is 0.250. The summed E-state index contributed by atoms with van der Waals surface area (Å²) in [7, 11) is 4.48. The molecule has 26 heavy (non-hydrogen) atoms. The molecule has 0 aliphatic rings. The highest BCUT2D eigenvalue weighted by atomic mass is 16.5. The molecule has 2 heterocycles. The first-order chi connectivity index (χ1) is 12.6. The van der Waals surface area contributed by atoms with Gasteiger partial charge in [-0.05, 0) is 19.1 Å². The lowest BCUT2D eigenvalue weighted by molar-refractivity contribution is 0.102. The van der Waals surface area contributed by atoms with Gasteiger partial charge in [0.25, 0.3) is 5.91 Å². The third-order valence-electron chi connectivity index (χ3n) is 3.76. The fourth-order valence-corrected chi connectivity index (χ4v) is 2.46. The number of aryl methyl sites for hydroxylation is 1. The molecule has 3 rings (SSSR count). The Kier molecular flexibility index (Phi) is 4.74. The van der Waals surface area contributed by atoms with Crippen molar-refractivity contribution in [3.05, 3.63) is 36.0 Å². The zero-order valence-electron chi connectivity index (χ0n) is 14.7. The van der Waals surface area contributed by atoms with Crippen molar-refractivity contribution >= 4 is 11.6 Å². The van der Waals surface area contributed by atoms with Gasteiger partial charge in [0, 0.05) is 5.56 Å². The molecule has 0 saturated heterocycles. The highest BCUT2D eigenvalue weighted by molar-refractivity contribution is 6.06. The number of benzene rings is 1. The van der Waals surface area contributed by atoms with Crippen molar-refractivity contribution in [1.82, 2.24) is 25.0 Å². The average molecular weight is 358 g/mol. The van der Waals surface area contributed by atoms with Crippen LogP contribution in [0.3, 0.4) is 0 Å². The summed E-state index contributed by atoms with van der Waals surface area (Å²) in [5, 5.41) is 17.4. The predicted molar refractivity (Wildman–Crippen MR) is 92.3 cm³/mol. The molecule has 0 atom stereocenters. The van der Waals surface area contributed by atoms with Crippen molar-refractivity contribution in [2.24, 2.45) is 0 Å². The Bertz CT molecular complexity index is 894. The van der Waals surface area contributed by atoms with Gasteiger partial charge < -0.3 is 19.5 Å². The van der Waals surface area contributed by atoms with Crippen molar-refractivity contribution in [2.45, 2.75) is 6.92 Å². The average Bonchev–Trinajstić information content (AvgIpc) is 3.30. The Morgan fingerprint density at radius 3 is 2.23 bits per heavy atom. The lowest BCUT2D eigenvalue weighted by Gasteiger charge is -2.14. The first-order valence-electron chi connectivity index (χ1n) is 7.60. The minimum atomic E-state index is -0.358. The molecule has 0 radical (unpaired) electrons. The second-order valence-electron chi connectivity index (χ2n) is 5.28. The fourth-order valence-electron chi connectivity index (χ4n) is 2.46. The first-order valence-corrected chi connectivity index (χ1v) is 7.60. The topological polar surface area (TPSA) is 116 Å². The lowest BCUT2D eigenvalue weighted by atomic mass is 10.1. The van der Waals surface area contributed by atoms with Crippen molar-refractivity contribution in [3.63, 3.8) is 0 Å². The number of amides is 1. The summed E-state index contributed by atoms with van der Waals surface area (Å²) in [5.74, 6) is 1.31. The van der Waals surface area contributed by atoms with Crippen LogP contribution in [0.15, 0.2) is 24.8 Å². The summed E-state index contributed by atoms with van der Waals surface area (Å²) in [4.78, 5) is 12.8. The molecule has 2 N–H and O–H groups in total. The monoisotopic (exact) mass is 358 g/mol. The lowest BCUT2D eigenvalue weighted by Crippen LogP contribution is -2.14. The van der Waals surface area contributed by atoms with Gasteiger partial charge in [-0.2, -0.15) is 5.10 Å². The van der Waals surface area contributed by atoms with Crippen LogP contribution in [0.5, 0.6) is 17.2 Å². The molecule has 0 saturated carbocycles. The Balaban J connectivity index is 1.96. The number of methoxy groups -OCH3 is 3. The van der Waals surface area contributed by atoms with Gasteiger partial charge in [0.2, 0.25) is 5.75 Å². The minimum Gasteiger partial charge on any atom is -0.493 e. The van der Waals surface area contributed by atoms with E-state index in [9.17, 15) is 4.79 Å². The van der Waals surface area contributed by atoms with Crippen LogP contribution in [0.25, 0.3) is 5.82 Å². The number of hydrogen-bond acceptors (Lipinski definition) is 7. The number of hydrogen-bond donors (Lipinski definition) is 2. The second kappa shape index (κ2) is 7.13. The molecule has 2 aromatic heterocycles. The van der Waals surface area contributed by atoms with E-state index in [0.29, 0.717) is 40.0 Å². The standard InChI is InChI=1S/C16H18N6O4/c1-9-13(15(21-20-9)22-7-17-18-8-22)19-16(23)10-5-11(24-2)14(26-4)12(6-10)25-3/h5-8H,1-4H3,(H,19,23)(H,20,21). The zero-order chi connectivity index (χ0) is 18.7. The Morgan fingerprint density at radius 1 is 1.08 bits per heavy atom. The van der Waals surface area contributed by atoms with Gasteiger partial charge in [-0.15, -0.1) is 10.2 Å². The number of nitrogens with zero attached hydrogens (tertiary/aromatic N) is 4. The molecule has 0 spiro atoms. The highest BCUT2D eigenvalue weighted by Crippen LogP contribution is 2.38. The molecule has 0 bridgehead atoms. The van der Waals surface area contributed by atoms with Crippen LogP contribution in [-0.2, 0) is 0 Å². The third kappa shape index (κ3) is 3.04. The normalized spacial score (nSPS) is 10.5. The van der Waals surface area contributed by atoms with Crippen LogP contribution in [0.2, 0.25) is 0 Å². The summed E-state index contributed by atoms with van der Waals surface area (Å²) in [6, 6.07) is 3.15. The van der Waals surface area contributed by atoms with E-state index in [-0.39, 0.29) is 5.91 Å². The summed E-state index contributed by atoms with van der Waals surface area (Å²) >= 11 is 0. The molecule has 0 aliphatic carbocycles. The van der Waals surface area contributed by atoms with Gasteiger partial charge in [-0.1, -0.05) is 0 Å². The molecular weight excluding hydrogens is 340 g/mol. The van der Waals surface area contributed by atoms with Crippen LogP contribution >= 0.6 is 0 Å². The number of ether oxygens (including phenoxy) is 3. The Morgan fingerprint density at radius 2 is 1.69 bits per heavy atom. The Hall–Kier alpha value is -3.56. The number of nitrogens with one attached hydrogen (secondary N) is 2. The number of carbonyl (C=O) groups excluding carboxylic acids is 1. The van der Waals surface area contributed by atoms with E-state index >= 15 is 0 Å². The quantitative estimate of drug-likeness (QED) is 0.687. The third-order valence-corrected chi connectivity index (χ3v) is 3.76. The van der Waals surface area contributed by atoms with E-state index < -0.39 is 0 Å². The number of aromatic amines is 1. The van der Waals surface area contributed by atoms with E-state index in [1.165, 1.54) is 34.0 Å². The maximum absolute atomic E-state index is 12.8. The van der Waals surface area contributed by atoms with Crippen LogP contribution < -0.4 is 19.5 Å². The molecule has 0 unspecified atom stereocenters. The van der Waals surface area contributed by atoms with Crippen molar-refractivity contribution < 1.29 is 19.0 Å². The van der Waals surface area contributed by atoms with Gasteiger partial charge in [0.15, 0.2) is 17.3 Å². The molecular formula is C16H18N6O4. The van der Waals surface area contributed by atoms with E-state index in [4.69, 9.17) is 14.2 Å². The number of carbonyl (C=O) groups is 1. The van der Waals surface area contributed by atoms with E-state index in [1.54, 1.807) is 23.6 Å². The van der Waals surface area contributed by atoms with Gasteiger partial charge in [0.1, 0.15) is 18.3 Å². The highest BCUT2D eigenvalue weighted by Gasteiger charge is 2.20. The van der Waals surface area contributed by atoms with Crippen molar-refractivity contribution in [2.75, 3.05) is 26.6 Å². The number of anilines is 1. The molecule has 0 fully saturated rings. The van der Waals surface area contributed by atoms with Crippen LogP contribution in [-0.4, -0.2) is 52.2 Å². The summed E-state index contributed by atoms with van der Waals surface area (Å²) in [6.07, 6.45) is 2.98. The molecule has 0 aliphatic heterocycles. The summed E-state index contributed by atoms with van der Waals surface area (Å²) in [5.41, 5.74) is 1.55. The first kappa shape index (κ1) is 17.3. The van der Waals surface area contributed by atoms with E-state index in [2.05, 4.69) is 25.7 Å². The zero-order valence-corrected chi connectivity index (χ0v) is 14.7. The van der Waals surface area contributed by atoms with E-state index in [1.807, 2.05) is 0 Å². The van der Waals surface area contributed by atoms with Gasteiger partial charge in [-0.25, -0.2) is 0 Å². The SMILES string of the molecule is COc1cc(C(=O)Nc2c(-n3cnnc3)n[nH]c2C)cc(OC)c1OC. The van der Waals surface area contributed by atoms with Crippen LogP contribution in [0.1, 0.15) is 16.1 Å². The smallest absolute Gasteiger partial charge is 0.256 e. The van der Waals surface area contributed by atoms with Crippen LogP contribution in [0, 0.1) is 6.92 Å². The molecule has 10 nitrogen and oxygen atoms in total. The number of rotatable bonds is 6. The van der Waals surface area contributed by atoms with Crippen molar-refractivity contribution in [3.8, 4) is 23.1 Å². The number of aromatic nitrogens is 5. The van der Waals surface area contributed by atoms with Gasteiger partial charge >= 0.3 is 0 Å². The molecule has 136 valence electrons. The predicted octanol–water partition coefficient (Wildman–Crippen LogP) is 1.58. The van der Waals surface area contributed by atoms with Crippen molar-refractivity contribution in [1.29, 1.82) is 0 Å². The van der Waals surface area contributed by atoms with Crippen LogP contribution in [0.4, 0.5) is 5.69 Å². The Labute approximate surface area is 149 Å². The maximum atomic E-state index is 12.8. The summed E-state index contributed by atoms with van der Waals surface area (Å²) < 4.78 is 17.4. The largest absolute Gasteiger partial charge is 0.493 e. The van der Waals surface area contributed by atoms with Gasteiger partial charge in [0.05, 0.1) is 27.0 Å². The molecule has 1 amide bonds. The maximum Gasteiger partial charge on any atom is 0.256 e. The van der Waals surface area contributed by atoms with E-state index in [0.717, 1.165) is 0 Å². The van der Waals surface area contributed by atoms with Gasteiger partial charge in [-0.3, -0.25) is 14.5 Å². The summed E-state index contributed by atoms with van der Waals surface area (Å²) in [6.45, 7) is 1.80.